The molecule has 0 saturated heterocycles. The maximum absolute atomic E-state index is 9.16. The molecule has 0 aliphatic carbocycles. The Balaban J connectivity index is 1.79. The van der Waals surface area contributed by atoms with Gasteiger partial charge in [-0.3, -0.25) is 15.1 Å². The van der Waals surface area contributed by atoms with E-state index in [1.54, 1.807) is 25.4 Å². The summed E-state index contributed by atoms with van der Waals surface area (Å²) in [6.07, 6.45) is 5.73. The maximum atomic E-state index is 9.16. The molecule has 0 amide bonds. The van der Waals surface area contributed by atoms with Crippen LogP contribution in [0.5, 0.6) is 11.5 Å². The van der Waals surface area contributed by atoms with Gasteiger partial charge in [0.05, 0.1) is 28.2 Å². The average Bonchev–Trinajstić information content (AvgIpc) is 3.15. The molecule has 0 radical (unpaired) electrons. The van der Waals surface area contributed by atoms with Gasteiger partial charge in [-0.05, 0) is 19.1 Å². The molecule has 1 atom stereocenters. The lowest BCUT2D eigenvalue weighted by Crippen LogP contribution is -2.06. The Labute approximate surface area is 182 Å². The third-order valence-corrected chi connectivity index (χ3v) is 5.19. The van der Waals surface area contributed by atoms with Crippen LogP contribution in [0.1, 0.15) is 24.2 Å². The first-order valence-corrected chi connectivity index (χ1v) is 9.64. The minimum absolute atomic E-state index is 0.415. The van der Waals surface area contributed by atoms with E-state index in [9.17, 15) is 0 Å². The van der Waals surface area contributed by atoms with Crippen molar-refractivity contribution in [3.05, 3.63) is 64.2 Å². The van der Waals surface area contributed by atoms with Crippen molar-refractivity contribution in [2.75, 3.05) is 7.11 Å². The number of pyridine rings is 2. The van der Waals surface area contributed by atoms with Crippen molar-refractivity contribution in [2.24, 2.45) is 0 Å². The van der Waals surface area contributed by atoms with Crippen LogP contribution in [0, 0.1) is 11.3 Å². The molecule has 30 heavy (non-hydrogen) atoms. The van der Waals surface area contributed by atoms with Gasteiger partial charge in [0, 0.05) is 47.4 Å². The molecule has 0 spiro atoms. The zero-order valence-electron chi connectivity index (χ0n) is 16.0. The first-order valence-electron chi connectivity index (χ1n) is 8.89. The van der Waals surface area contributed by atoms with E-state index in [2.05, 4.69) is 26.2 Å². The summed E-state index contributed by atoms with van der Waals surface area (Å²) in [6, 6.07) is 7.44. The van der Waals surface area contributed by atoms with E-state index in [1.807, 2.05) is 13.0 Å². The number of rotatable bonds is 5. The summed E-state index contributed by atoms with van der Waals surface area (Å²) in [6.45, 7) is 1.84. The van der Waals surface area contributed by atoms with Crippen LogP contribution in [0.4, 0.5) is 0 Å². The third-order valence-electron chi connectivity index (χ3n) is 4.59. The van der Waals surface area contributed by atoms with Gasteiger partial charge in [0.2, 0.25) is 0 Å². The highest BCUT2D eigenvalue weighted by Gasteiger charge is 2.20. The first-order chi connectivity index (χ1) is 14.5. The van der Waals surface area contributed by atoms with Gasteiger partial charge in [-0.15, -0.1) is 0 Å². The van der Waals surface area contributed by atoms with Crippen LogP contribution in [-0.2, 0) is 0 Å². The zero-order chi connectivity index (χ0) is 21.3. The number of H-pyrrole nitrogens is 1. The van der Waals surface area contributed by atoms with Crippen LogP contribution < -0.4 is 9.47 Å². The predicted molar refractivity (Wildman–Crippen MR) is 114 cm³/mol. The summed E-state index contributed by atoms with van der Waals surface area (Å²) in [5, 5.41) is 18.2. The number of ether oxygens (including phenoxy) is 2. The largest absolute Gasteiger partial charge is 0.493 e. The van der Waals surface area contributed by atoms with Crippen molar-refractivity contribution >= 4 is 34.1 Å². The average molecular weight is 440 g/mol. The molecular formula is C21H15Cl2N5O2. The van der Waals surface area contributed by atoms with Crippen LogP contribution >= 0.6 is 23.2 Å². The fraction of sp³-hybridized carbons (Fsp3) is 0.143. The van der Waals surface area contributed by atoms with Gasteiger partial charge in [-0.1, -0.05) is 23.2 Å². The Morgan fingerprint density at radius 1 is 1.03 bits per heavy atom. The number of aromatic nitrogens is 4. The lowest BCUT2D eigenvalue weighted by atomic mass is 10.1. The SMILES string of the molecule is COc1cc2[nH]nc(-c3cncc(C#N)c3)c2cc1OC(C)c1c(Cl)cncc1Cl. The Hall–Kier alpha value is -3.34. The summed E-state index contributed by atoms with van der Waals surface area (Å²) in [5.41, 5.74) is 3.20. The van der Waals surface area contributed by atoms with E-state index in [1.165, 1.54) is 18.6 Å². The van der Waals surface area contributed by atoms with Crippen molar-refractivity contribution in [1.82, 2.24) is 20.2 Å². The van der Waals surface area contributed by atoms with Gasteiger partial charge in [0.15, 0.2) is 11.5 Å². The zero-order valence-corrected chi connectivity index (χ0v) is 17.5. The van der Waals surface area contributed by atoms with Gasteiger partial charge >= 0.3 is 0 Å². The second-order valence-corrected chi connectivity index (χ2v) is 7.29. The van der Waals surface area contributed by atoms with Crippen molar-refractivity contribution in [3.63, 3.8) is 0 Å². The molecule has 7 nitrogen and oxygen atoms in total. The van der Waals surface area contributed by atoms with Crippen LogP contribution in [0.15, 0.2) is 43.0 Å². The third kappa shape index (κ3) is 3.63. The monoisotopic (exact) mass is 439 g/mol. The summed E-state index contributed by atoms with van der Waals surface area (Å²) >= 11 is 12.5. The van der Waals surface area contributed by atoms with Crippen LogP contribution in [0.25, 0.3) is 22.2 Å². The second-order valence-electron chi connectivity index (χ2n) is 6.47. The molecule has 0 aliphatic rings. The highest BCUT2D eigenvalue weighted by molar-refractivity contribution is 6.35. The molecule has 4 aromatic rings. The number of fused-ring (bicyclic) bond motifs is 1. The molecule has 0 fully saturated rings. The molecule has 1 N–H and O–H groups in total. The molecule has 3 heterocycles. The van der Waals surface area contributed by atoms with Gasteiger partial charge in [0.1, 0.15) is 17.9 Å². The first kappa shape index (κ1) is 20.0. The highest BCUT2D eigenvalue weighted by atomic mass is 35.5. The van der Waals surface area contributed by atoms with Crippen LogP contribution in [-0.4, -0.2) is 27.3 Å². The standard InChI is InChI=1S/C21H15Cl2N5O2/c1-11(20-15(22)9-26-10-16(20)23)30-19-4-14-17(5-18(19)29-2)27-28-21(14)13-3-12(6-24)7-25-8-13/h3-5,7-11H,1-2H3,(H,27,28). The van der Waals surface area contributed by atoms with Crippen molar-refractivity contribution in [3.8, 4) is 28.8 Å². The number of hydrogen-bond donors (Lipinski definition) is 1. The molecule has 0 saturated carbocycles. The van der Waals surface area contributed by atoms with E-state index in [0.717, 1.165) is 10.9 Å². The molecular weight excluding hydrogens is 425 g/mol. The number of nitriles is 1. The molecule has 1 unspecified atom stereocenters. The summed E-state index contributed by atoms with van der Waals surface area (Å²) in [4.78, 5) is 8.09. The Bertz CT molecular complexity index is 1260. The number of hydrogen-bond acceptors (Lipinski definition) is 6. The minimum Gasteiger partial charge on any atom is -0.493 e. The molecule has 9 heteroatoms. The number of methoxy groups -OCH3 is 1. The molecule has 0 aliphatic heterocycles. The molecule has 0 bridgehead atoms. The Kier molecular flexibility index (Phi) is 5.44. The van der Waals surface area contributed by atoms with E-state index in [4.69, 9.17) is 37.9 Å². The fourth-order valence-electron chi connectivity index (χ4n) is 3.19. The second kappa shape index (κ2) is 8.19. The number of nitrogens with zero attached hydrogens (tertiary/aromatic N) is 4. The minimum atomic E-state index is -0.460. The lowest BCUT2D eigenvalue weighted by molar-refractivity contribution is 0.216. The van der Waals surface area contributed by atoms with Crippen molar-refractivity contribution in [2.45, 2.75) is 13.0 Å². The Morgan fingerprint density at radius 2 is 1.77 bits per heavy atom. The summed E-state index contributed by atoms with van der Waals surface area (Å²) in [7, 11) is 1.56. The molecule has 1 aromatic carbocycles. The number of aromatic amines is 1. The Morgan fingerprint density at radius 3 is 2.47 bits per heavy atom. The molecule has 150 valence electrons. The smallest absolute Gasteiger partial charge is 0.162 e. The van der Waals surface area contributed by atoms with E-state index < -0.39 is 6.10 Å². The maximum Gasteiger partial charge on any atom is 0.162 e. The molecule has 4 rings (SSSR count). The van der Waals surface area contributed by atoms with E-state index in [0.29, 0.717) is 43.9 Å². The van der Waals surface area contributed by atoms with Gasteiger partial charge in [0.25, 0.3) is 0 Å². The van der Waals surface area contributed by atoms with Crippen LogP contribution in [0.3, 0.4) is 0 Å². The van der Waals surface area contributed by atoms with Gasteiger partial charge in [-0.2, -0.15) is 10.4 Å². The lowest BCUT2D eigenvalue weighted by Gasteiger charge is -2.19. The van der Waals surface area contributed by atoms with Gasteiger partial charge < -0.3 is 9.47 Å². The van der Waals surface area contributed by atoms with Crippen LogP contribution in [0.2, 0.25) is 10.0 Å². The number of halogens is 2. The highest BCUT2D eigenvalue weighted by Crippen LogP contribution is 2.39. The normalized spacial score (nSPS) is 11.8. The predicted octanol–water partition coefficient (Wildman–Crippen LogP) is 5.35. The fourth-order valence-corrected chi connectivity index (χ4v) is 3.86. The van der Waals surface area contributed by atoms with E-state index in [-0.39, 0.29) is 0 Å². The summed E-state index contributed by atoms with van der Waals surface area (Å²) in [5.74, 6) is 1.02. The van der Waals surface area contributed by atoms with Gasteiger partial charge in [-0.25, -0.2) is 0 Å². The van der Waals surface area contributed by atoms with Crippen molar-refractivity contribution in [1.29, 1.82) is 5.26 Å². The summed E-state index contributed by atoms with van der Waals surface area (Å²) < 4.78 is 11.7. The topological polar surface area (TPSA) is 96.7 Å². The van der Waals surface area contributed by atoms with Crippen molar-refractivity contribution < 1.29 is 9.47 Å². The number of nitrogens with one attached hydrogen (secondary N) is 1. The molecule has 3 aromatic heterocycles. The van der Waals surface area contributed by atoms with E-state index >= 15 is 0 Å². The number of benzene rings is 1. The quantitative estimate of drug-likeness (QED) is 0.450.